The van der Waals surface area contributed by atoms with Crippen molar-refractivity contribution >= 4 is 50.7 Å². The highest BCUT2D eigenvalue weighted by molar-refractivity contribution is 9.10. The summed E-state index contributed by atoms with van der Waals surface area (Å²) in [5.74, 6) is -0.253. The molecule has 2 amide bonds. The first-order valence-electron chi connectivity index (χ1n) is 8.59. The highest BCUT2D eigenvalue weighted by Gasteiger charge is 2.48. The smallest absolute Gasteiger partial charge is 0.239 e. The first-order valence-corrected chi connectivity index (χ1v) is 10.3. The number of benzene rings is 1. The lowest BCUT2D eigenvalue weighted by Crippen LogP contribution is -2.52. The molecule has 2 aliphatic rings. The fourth-order valence-corrected chi connectivity index (χ4v) is 5.17. The standard InChI is InChI=1S/C19H19BrN4O2S/c1-19(14-9-12(20)10-27-14)16(17(26)23(2)18(21)22-19)11-3-5-13(6-4-11)24-8-7-15(24)25/h3-6,9-10,16H,7-8H2,1-2H3,(H2,21,22)/t16-,19+/m0/s1. The molecule has 6 nitrogen and oxygen atoms in total. The molecule has 2 aromatic rings. The number of aliphatic imine (C=N–C) groups is 1. The summed E-state index contributed by atoms with van der Waals surface area (Å²) in [5, 5.41) is 1.98. The van der Waals surface area contributed by atoms with Gasteiger partial charge in [0.25, 0.3) is 0 Å². The van der Waals surface area contributed by atoms with Gasteiger partial charge in [-0.05, 0) is 46.6 Å². The fourth-order valence-electron chi connectivity index (χ4n) is 3.60. The van der Waals surface area contributed by atoms with Crippen LogP contribution in [0.3, 0.4) is 0 Å². The number of likely N-dealkylation sites (N-methyl/N-ethyl adjacent to an activating group) is 1. The van der Waals surface area contributed by atoms with E-state index in [1.54, 1.807) is 23.3 Å². The van der Waals surface area contributed by atoms with Crippen molar-refractivity contribution in [2.75, 3.05) is 18.5 Å². The quantitative estimate of drug-likeness (QED) is 0.735. The van der Waals surface area contributed by atoms with E-state index in [0.717, 1.165) is 27.1 Å². The van der Waals surface area contributed by atoms with Crippen LogP contribution in [0.2, 0.25) is 0 Å². The van der Waals surface area contributed by atoms with Crippen molar-refractivity contribution in [3.8, 4) is 0 Å². The molecule has 1 saturated heterocycles. The topological polar surface area (TPSA) is 79.0 Å². The van der Waals surface area contributed by atoms with Crippen LogP contribution in [0.15, 0.2) is 45.2 Å². The van der Waals surface area contributed by atoms with E-state index in [2.05, 4.69) is 15.9 Å². The normalized spacial score (nSPS) is 25.4. The molecule has 1 aromatic carbocycles. The molecule has 1 fully saturated rings. The van der Waals surface area contributed by atoms with Crippen molar-refractivity contribution < 1.29 is 9.59 Å². The second-order valence-corrected chi connectivity index (χ2v) is 8.79. The molecular weight excluding hydrogens is 428 g/mol. The van der Waals surface area contributed by atoms with Gasteiger partial charge in [0.15, 0.2) is 5.96 Å². The summed E-state index contributed by atoms with van der Waals surface area (Å²) in [6, 6.07) is 9.60. The van der Waals surface area contributed by atoms with Crippen molar-refractivity contribution in [1.29, 1.82) is 0 Å². The number of thiophene rings is 1. The summed E-state index contributed by atoms with van der Waals surface area (Å²) in [4.78, 5) is 33.7. The molecule has 3 heterocycles. The molecule has 140 valence electrons. The van der Waals surface area contributed by atoms with Crippen LogP contribution < -0.4 is 10.6 Å². The molecule has 0 saturated carbocycles. The number of amides is 2. The van der Waals surface area contributed by atoms with Crippen LogP contribution in [0.5, 0.6) is 0 Å². The zero-order chi connectivity index (χ0) is 19.3. The van der Waals surface area contributed by atoms with Gasteiger partial charge >= 0.3 is 0 Å². The molecular formula is C19H19BrN4O2S. The molecule has 4 rings (SSSR count). The summed E-state index contributed by atoms with van der Waals surface area (Å²) < 4.78 is 0.953. The molecule has 2 aliphatic heterocycles. The molecule has 2 N–H and O–H groups in total. The number of rotatable bonds is 3. The molecule has 2 atom stereocenters. The Kier molecular flexibility index (Phi) is 4.35. The summed E-state index contributed by atoms with van der Waals surface area (Å²) in [5.41, 5.74) is 6.95. The summed E-state index contributed by atoms with van der Waals surface area (Å²) in [6.07, 6.45) is 0.590. The molecule has 0 bridgehead atoms. The third-order valence-corrected chi connectivity index (χ3v) is 7.20. The maximum absolute atomic E-state index is 13.2. The number of hydrogen-bond donors (Lipinski definition) is 1. The third-order valence-electron chi connectivity index (χ3n) is 5.28. The van der Waals surface area contributed by atoms with Crippen LogP contribution in [0.4, 0.5) is 5.69 Å². The number of carbonyl (C=O) groups excluding carboxylic acids is 2. The number of anilines is 1. The van der Waals surface area contributed by atoms with E-state index >= 15 is 0 Å². The van der Waals surface area contributed by atoms with Crippen LogP contribution >= 0.6 is 27.3 Å². The van der Waals surface area contributed by atoms with Gasteiger partial charge in [0, 0.05) is 40.4 Å². The number of guanidine groups is 1. The van der Waals surface area contributed by atoms with Crippen molar-refractivity contribution in [2.45, 2.75) is 24.8 Å². The molecule has 0 radical (unpaired) electrons. The van der Waals surface area contributed by atoms with Crippen LogP contribution in [0.25, 0.3) is 0 Å². The lowest BCUT2D eigenvalue weighted by Gasteiger charge is -2.40. The molecule has 0 aliphatic carbocycles. The molecule has 0 unspecified atom stereocenters. The Morgan fingerprint density at radius 3 is 2.52 bits per heavy atom. The van der Waals surface area contributed by atoms with Gasteiger partial charge in [-0.15, -0.1) is 11.3 Å². The Morgan fingerprint density at radius 1 is 1.30 bits per heavy atom. The summed E-state index contributed by atoms with van der Waals surface area (Å²) in [7, 11) is 1.64. The van der Waals surface area contributed by atoms with Crippen LogP contribution in [-0.2, 0) is 15.1 Å². The van der Waals surface area contributed by atoms with Gasteiger partial charge in [-0.1, -0.05) is 12.1 Å². The maximum Gasteiger partial charge on any atom is 0.239 e. The van der Waals surface area contributed by atoms with Crippen molar-refractivity contribution in [1.82, 2.24) is 4.90 Å². The van der Waals surface area contributed by atoms with Gasteiger partial charge in [-0.2, -0.15) is 0 Å². The minimum Gasteiger partial charge on any atom is -0.369 e. The second kappa shape index (κ2) is 6.45. The Balaban J connectivity index is 1.78. The highest BCUT2D eigenvalue weighted by Crippen LogP contribution is 2.46. The number of nitrogens with two attached hydrogens (primary N) is 1. The Hall–Kier alpha value is -2.19. The van der Waals surface area contributed by atoms with Gasteiger partial charge in [-0.3, -0.25) is 14.5 Å². The van der Waals surface area contributed by atoms with Crippen molar-refractivity contribution in [2.24, 2.45) is 10.7 Å². The summed E-state index contributed by atoms with van der Waals surface area (Å²) >= 11 is 5.03. The van der Waals surface area contributed by atoms with Gasteiger partial charge < -0.3 is 10.6 Å². The van der Waals surface area contributed by atoms with Gasteiger partial charge in [0.2, 0.25) is 11.8 Å². The van der Waals surface area contributed by atoms with E-state index in [0.29, 0.717) is 6.42 Å². The predicted molar refractivity (Wildman–Crippen MR) is 110 cm³/mol. The largest absolute Gasteiger partial charge is 0.369 e. The second-order valence-electron chi connectivity index (χ2n) is 6.96. The molecule has 0 spiro atoms. The highest BCUT2D eigenvalue weighted by atomic mass is 79.9. The van der Waals surface area contributed by atoms with E-state index in [9.17, 15) is 9.59 Å². The van der Waals surface area contributed by atoms with Crippen LogP contribution in [-0.4, -0.2) is 36.3 Å². The van der Waals surface area contributed by atoms with E-state index < -0.39 is 11.5 Å². The first-order chi connectivity index (χ1) is 12.8. The van der Waals surface area contributed by atoms with Crippen molar-refractivity contribution in [3.63, 3.8) is 0 Å². The SMILES string of the molecule is CN1C(=O)[C@H](c2ccc(N3CCC3=O)cc2)[C@@](C)(c2cc(Br)cs2)N=C1N. The van der Waals surface area contributed by atoms with E-state index in [1.807, 2.05) is 42.6 Å². The maximum atomic E-state index is 13.2. The van der Waals surface area contributed by atoms with Gasteiger partial charge in [-0.25, -0.2) is 4.99 Å². The lowest BCUT2D eigenvalue weighted by atomic mass is 9.77. The molecule has 1 aromatic heterocycles. The average Bonchev–Trinajstić information content (AvgIpc) is 3.07. The molecule has 8 heteroatoms. The van der Waals surface area contributed by atoms with Crippen molar-refractivity contribution in [3.05, 3.63) is 50.6 Å². The average molecular weight is 447 g/mol. The lowest BCUT2D eigenvalue weighted by molar-refractivity contribution is -0.130. The van der Waals surface area contributed by atoms with Gasteiger partial charge in [0.1, 0.15) is 5.54 Å². The third kappa shape index (κ3) is 2.87. The predicted octanol–water partition coefficient (Wildman–Crippen LogP) is 3.03. The minimum atomic E-state index is -0.793. The fraction of sp³-hybridized carbons (Fsp3) is 0.316. The number of carbonyl (C=O) groups is 2. The first kappa shape index (κ1) is 18.2. The van der Waals surface area contributed by atoms with E-state index in [4.69, 9.17) is 10.7 Å². The summed E-state index contributed by atoms with van der Waals surface area (Å²) in [6.45, 7) is 2.69. The Morgan fingerprint density at radius 2 is 2.00 bits per heavy atom. The minimum absolute atomic E-state index is 0.0951. The van der Waals surface area contributed by atoms with Gasteiger partial charge in [0.05, 0.1) is 5.92 Å². The van der Waals surface area contributed by atoms with E-state index in [1.165, 1.54) is 4.90 Å². The zero-order valence-electron chi connectivity index (χ0n) is 15.0. The van der Waals surface area contributed by atoms with Crippen LogP contribution in [0.1, 0.15) is 29.7 Å². The zero-order valence-corrected chi connectivity index (χ0v) is 17.4. The Labute approximate surface area is 169 Å². The molecule has 27 heavy (non-hydrogen) atoms. The number of β-lactam (4-membered cyclic amide) rings is 1. The number of hydrogen-bond acceptors (Lipinski definition) is 5. The monoisotopic (exact) mass is 446 g/mol. The number of nitrogens with zero attached hydrogens (tertiary/aromatic N) is 3. The Bertz CT molecular complexity index is 955. The number of halogens is 1. The van der Waals surface area contributed by atoms with Crippen LogP contribution in [0, 0.1) is 0 Å². The van der Waals surface area contributed by atoms with E-state index in [-0.39, 0.29) is 17.8 Å².